The molecule has 5 rings (SSSR count). The van der Waals surface area contributed by atoms with E-state index in [0.29, 0.717) is 22.9 Å². The topological polar surface area (TPSA) is 102 Å². The zero-order chi connectivity index (χ0) is 19.1. The van der Waals surface area contributed by atoms with Gasteiger partial charge in [-0.1, -0.05) is 0 Å². The zero-order valence-electron chi connectivity index (χ0n) is 15.4. The molecule has 2 aliphatic heterocycles. The minimum absolute atomic E-state index is 0.320. The van der Waals surface area contributed by atoms with E-state index in [2.05, 4.69) is 24.9 Å². The second kappa shape index (κ2) is 6.84. The number of nitrogens with two attached hydrogens (primary N) is 1. The maximum Gasteiger partial charge on any atom is 0.254 e. The fourth-order valence-electron chi connectivity index (χ4n) is 3.91. The molecule has 2 fully saturated rings. The summed E-state index contributed by atoms with van der Waals surface area (Å²) in [4.78, 5) is 25.5. The van der Waals surface area contributed by atoms with Gasteiger partial charge in [0.2, 0.25) is 0 Å². The lowest BCUT2D eigenvalue weighted by atomic mass is 10.1. The quantitative estimate of drug-likeness (QED) is 0.700. The molecule has 0 bridgehead atoms. The molecule has 0 atom stereocenters. The van der Waals surface area contributed by atoms with Crippen molar-refractivity contribution in [2.75, 3.05) is 44.3 Å². The van der Waals surface area contributed by atoms with Crippen LogP contribution in [0.2, 0.25) is 0 Å². The van der Waals surface area contributed by atoms with Gasteiger partial charge in [0, 0.05) is 62.2 Å². The molecule has 0 aliphatic carbocycles. The minimum Gasteiger partial charge on any atom is -0.378 e. The van der Waals surface area contributed by atoms with Gasteiger partial charge in [-0.2, -0.15) is 5.10 Å². The average molecular weight is 379 g/mol. The zero-order valence-corrected chi connectivity index (χ0v) is 15.4. The van der Waals surface area contributed by atoms with Crippen molar-refractivity contribution in [2.24, 2.45) is 5.73 Å². The van der Waals surface area contributed by atoms with Crippen LogP contribution in [0.15, 0.2) is 36.9 Å². The molecular weight excluding hydrogens is 358 g/mol. The molecule has 144 valence electrons. The standard InChI is InChI=1S/C19H21N7O2/c20-18(27)16-17(23-26-5-1-3-22-19(16)26)14-10-21-4-2-15(14)25-8-6-24(7-9-25)13-11-28-12-13/h1-5,10,13H,6-9,11-12H2,(H2,20,27). The van der Waals surface area contributed by atoms with Crippen LogP contribution in [0.4, 0.5) is 5.69 Å². The van der Waals surface area contributed by atoms with Crippen LogP contribution in [0.5, 0.6) is 0 Å². The molecule has 2 aliphatic rings. The van der Waals surface area contributed by atoms with Crippen molar-refractivity contribution in [1.82, 2.24) is 24.5 Å². The Bertz CT molecular complexity index is 1020. The van der Waals surface area contributed by atoms with Crippen molar-refractivity contribution in [2.45, 2.75) is 6.04 Å². The van der Waals surface area contributed by atoms with E-state index in [-0.39, 0.29) is 0 Å². The Morgan fingerprint density at radius 1 is 1.18 bits per heavy atom. The van der Waals surface area contributed by atoms with Crippen LogP contribution in [0.25, 0.3) is 16.9 Å². The molecule has 2 N–H and O–H groups in total. The second-order valence-corrected chi connectivity index (χ2v) is 7.08. The molecule has 3 aromatic rings. The molecule has 0 spiro atoms. The summed E-state index contributed by atoms with van der Waals surface area (Å²) in [6.07, 6.45) is 6.90. The fourth-order valence-corrected chi connectivity index (χ4v) is 3.91. The Morgan fingerprint density at radius 3 is 2.71 bits per heavy atom. The third-order valence-electron chi connectivity index (χ3n) is 5.49. The maximum absolute atomic E-state index is 12.2. The van der Waals surface area contributed by atoms with Crippen molar-refractivity contribution < 1.29 is 9.53 Å². The normalized spacial score (nSPS) is 18.4. The van der Waals surface area contributed by atoms with E-state index in [0.717, 1.165) is 50.6 Å². The summed E-state index contributed by atoms with van der Waals surface area (Å²) < 4.78 is 6.90. The van der Waals surface area contributed by atoms with Gasteiger partial charge in [-0.05, 0) is 12.1 Å². The van der Waals surface area contributed by atoms with Gasteiger partial charge < -0.3 is 15.4 Å². The number of pyridine rings is 1. The highest BCUT2D eigenvalue weighted by Gasteiger charge is 2.30. The number of ether oxygens (including phenoxy) is 1. The summed E-state index contributed by atoms with van der Waals surface area (Å²) in [6.45, 7) is 5.40. The first-order valence-electron chi connectivity index (χ1n) is 9.36. The van der Waals surface area contributed by atoms with Gasteiger partial charge in [-0.15, -0.1) is 0 Å². The average Bonchev–Trinajstić information content (AvgIpc) is 3.07. The van der Waals surface area contributed by atoms with Crippen molar-refractivity contribution in [1.29, 1.82) is 0 Å². The first kappa shape index (κ1) is 17.1. The summed E-state index contributed by atoms with van der Waals surface area (Å²) in [5.41, 5.74) is 8.77. The van der Waals surface area contributed by atoms with Crippen molar-refractivity contribution >= 4 is 17.2 Å². The number of carbonyl (C=O) groups is 1. The molecule has 28 heavy (non-hydrogen) atoms. The maximum atomic E-state index is 12.2. The van der Waals surface area contributed by atoms with E-state index < -0.39 is 5.91 Å². The number of fused-ring (bicyclic) bond motifs is 1. The van der Waals surface area contributed by atoms with Crippen LogP contribution < -0.4 is 10.6 Å². The first-order chi connectivity index (χ1) is 13.7. The van der Waals surface area contributed by atoms with E-state index in [4.69, 9.17) is 10.5 Å². The number of nitrogens with zero attached hydrogens (tertiary/aromatic N) is 6. The number of amides is 1. The molecule has 0 aromatic carbocycles. The summed E-state index contributed by atoms with van der Waals surface area (Å²) in [5.74, 6) is -0.548. The summed E-state index contributed by atoms with van der Waals surface area (Å²) >= 11 is 0. The van der Waals surface area contributed by atoms with Crippen LogP contribution in [-0.4, -0.2) is 75.8 Å². The van der Waals surface area contributed by atoms with Crippen molar-refractivity contribution in [3.8, 4) is 11.3 Å². The molecule has 2 saturated heterocycles. The van der Waals surface area contributed by atoms with E-state index in [1.165, 1.54) is 0 Å². The van der Waals surface area contributed by atoms with Gasteiger partial charge in [0.15, 0.2) is 5.65 Å². The van der Waals surface area contributed by atoms with E-state index >= 15 is 0 Å². The van der Waals surface area contributed by atoms with Gasteiger partial charge in [0.1, 0.15) is 11.3 Å². The molecule has 5 heterocycles. The van der Waals surface area contributed by atoms with E-state index in [9.17, 15) is 4.79 Å². The number of hydrogen-bond donors (Lipinski definition) is 1. The van der Waals surface area contributed by atoms with Gasteiger partial charge in [-0.25, -0.2) is 9.50 Å². The molecule has 1 amide bonds. The van der Waals surface area contributed by atoms with Gasteiger partial charge in [0.25, 0.3) is 5.91 Å². The number of aromatic nitrogens is 4. The molecule has 0 saturated carbocycles. The van der Waals surface area contributed by atoms with Crippen LogP contribution in [0.1, 0.15) is 10.4 Å². The lowest BCUT2D eigenvalue weighted by Crippen LogP contribution is -2.56. The Morgan fingerprint density at radius 2 is 2.00 bits per heavy atom. The Hall–Kier alpha value is -3.04. The molecule has 0 unspecified atom stereocenters. The number of hydrogen-bond acceptors (Lipinski definition) is 7. The highest BCUT2D eigenvalue weighted by Crippen LogP contribution is 2.33. The minimum atomic E-state index is -0.548. The summed E-state index contributed by atoms with van der Waals surface area (Å²) in [7, 11) is 0. The largest absolute Gasteiger partial charge is 0.378 e. The smallest absolute Gasteiger partial charge is 0.254 e. The number of anilines is 1. The van der Waals surface area contributed by atoms with Crippen molar-refractivity contribution in [3.05, 3.63) is 42.5 Å². The van der Waals surface area contributed by atoms with Gasteiger partial charge in [0.05, 0.1) is 19.3 Å². The van der Waals surface area contributed by atoms with Crippen LogP contribution >= 0.6 is 0 Å². The Labute approximate surface area is 161 Å². The predicted molar refractivity (Wildman–Crippen MR) is 103 cm³/mol. The predicted octanol–water partition coefficient (Wildman–Crippen LogP) is 0.411. The second-order valence-electron chi connectivity index (χ2n) is 7.08. The third kappa shape index (κ3) is 2.79. The van der Waals surface area contributed by atoms with Gasteiger partial charge in [-0.3, -0.25) is 14.7 Å². The Balaban J connectivity index is 1.52. The van der Waals surface area contributed by atoms with Crippen LogP contribution in [-0.2, 0) is 4.74 Å². The SMILES string of the molecule is NC(=O)c1c(-c2cnccc2N2CCN(C3COC3)CC2)nn2cccnc12. The number of carbonyl (C=O) groups excluding carboxylic acids is 1. The van der Waals surface area contributed by atoms with E-state index in [1.54, 1.807) is 35.4 Å². The van der Waals surface area contributed by atoms with E-state index in [1.807, 2.05) is 6.07 Å². The number of piperazine rings is 1. The number of rotatable bonds is 4. The van der Waals surface area contributed by atoms with Gasteiger partial charge >= 0.3 is 0 Å². The Kier molecular flexibility index (Phi) is 4.18. The van der Waals surface area contributed by atoms with Crippen LogP contribution in [0.3, 0.4) is 0 Å². The highest BCUT2D eigenvalue weighted by atomic mass is 16.5. The first-order valence-corrected chi connectivity index (χ1v) is 9.36. The highest BCUT2D eigenvalue weighted by molar-refractivity contribution is 6.05. The number of primary amides is 1. The monoisotopic (exact) mass is 379 g/mol. The molecule has 3 aromatic heterocycles. The molecular formula is C19H21N7O2. The lowest BCUT2D eigenvalue weighted by molar-refractivity contribution is -0.0660. The summed E-state index contributed by atoms with van der Waals surface area (Å²) in [5, 5.41) is 4.58. The third-order valence-corrected chi connectivity index (χ3v) is 5.49. The summed E-state index contributed by atoms with van der Waals surface area (Å²) in [6, 6.07) is 4.28. The van der Waals surface area contributed by atoms with Crippen molar-refractivity contribution in [3.63, 3.8) is 0 Å². The molecule has 0 radical (unpaired) electrons. The molecule has 9 heteroatoms. The fraction of sp³-hybridized carbons (Fsp3) is 0.368. The van der Waals surface area contributed by atoms with Crippen LogP contribution in [0, 0.1) is 0 Å². The molecule has 9 nitrogen and oxygen atoms in total. The lowest BCUT2D eigenvalue weighted by Gasteiger charge is -2.43.